The number of aromatic carboxylic acids is 1. The molecule has 0 radical (unpaired) electrons. The summed E-state index contributed by atoms with van der Waals surface area (Å²) >= 11 is 0. The van der Waals surface area contributed by atoms with E-state index < -0.39 is 17.6 Å². The molecule has 1 aromatic carbocycles. The molecule has 3 N–H and O–H groups in total. The lowest BCUT2D eigenvalue weighted by Gasteiger charge is -2.05. The molecule has 0 fully saturated rings. The number of nitrogens with two attached hydrogens (primary N) is 1. The summed E-state index contributed by atoms with van der Waals surface area (Å²) in [5.41, 5.74) is 6.34. The van der Waals surface area contributed by atoms with E-state index in [0.29, 0.717) is 0 Å². The molecule has 0 spiro atoms. The topological polar surface area (TPSA) is 85.3 Å². The van der Waals surface area contributed by atoms with Crippen molar-refractivity contribution in [1.82, 2.24) is 4.57 Å². The quantitative estimate of drug-likeness (QED) is 0.663. The molecule has 6 heteroatoms. The second kappa shape index (κ2) is 4.80. The van der Waals surface area contributed by atoms with Gasteiger partial charge >= 0.3 is 5.97 Å². The first-order chi connectivity index (χ1) is 9.31. The van der Waals surface area contributed by atoms with Crippen molar-refractivity contribution in [3.05, 3.63) is 52.6 Å². The number of ketones is 1. The number of hydrogen-bond donors (Lipinski definition) is 2. The van der Waals surface area contributed by atoms with Gasteiger partial charge in [0.1, 0.15) is 11.5 Å². The minimum absolute atomic E-state index is 0.0195. The maximum atomic E-state index is 13.6. The third kappa shape index (κ3) is 2.27. The van der Waals surface area contributed by atoms with Gasteiger partial charge in [-0.3, -0.25) is 4.79 Å². The van der Waals surface area contributed by atoms with Gasteiger partial charge in [0.05, 0.1) is 0 Å². The third-order valence-corrected chi connectivity index (χ3v) is 3.13. The fraction of sp³-hybridized carbons (Fsp3) is 0.143. The van der Waals surface area contributed by atoms with Crippen molar-refractivity contribution in [2.24, 2.45) is 7.05 Å². The van der Waals surface area contributed by atoms with Crippen LogP contribution in [0.2, 0.25) is 0 Å². The Labute approximate surface area is 114 Å². The summed E-state index contributed by atoms with van der Waals surface area (Å²) in [6.45, 7) is 1.52. The van der Waals surface area contributed by atoms with E-state index in [9.17, 15) is 14.0 Å². The first-order valence-electron chi connectivity index (χ1n) is 5.81. The van der Waals surface area contributed by atoms with Crippen LogP contribution >= 0.6 is 0 Å². The molecule has 0 aliphatic heterocycles. The molecule has 0 aliphatic rings. The predicted octanol–water partition coefficient (Wildman–Crippen LogP) is 1.98. The maximum Gasteiger partial charge on any atom is 0.352 e. The van der Waals surface area contributed by atoms with Crippen LogP contribution in [0.25, 0.3) is 0 Å². The number of hydrogen-bond acceptors (Lipinski definition) is 3. The Bertz CT molecular complexity index is 696. The Morgan fingerprint density at radius 1 is 1.25 bits per heavy atom. The minimum atomic E-state index is -1.14. The number of nitrogens with zero attached hydrogens (tertiary/aromatic N) is 1. The Balaban J connectivity index is 2.46. The van der Waals surface area contributed by atoms with Crippen LogP contribution in [0.15, 0.2) is 24.4 Å². The zero-order valence-electron chi connectivity index (χ0n) is 11.0. The number of anilines is 1. The van der Waals surface area contributed by atoms with Crippen molar-refractivity contribution < 1.29 is 19.1 Å². The second-order valence-electron chi connectivity index (χ2n) is 4.53. The van der Waals surface area contributed by atoms with E-state index in [1.54, 1.807) is 0 Å². The number of halogens is 1. The van der Waals surface area contributed by atoms with Gasteiger partial charge in [-0.25, -0.2) is 9.18 Å². The lowest BCUT2D eigenvalue weighted by Crippen LogP contribution is -2.04. The van der Waals surface area contributed by atoms with Crippen LogP contribution in [0.5, 0.6) is 0 Å². The average molecular weight is 276 g/mol. The highest BCUT2D eigenvalue weighted by Crippen LogP contribution is 2.20. The van der Waals surface area contributed by atoms with Crippen LogP contribution in [-0.2, 0) is 7.05 Å². The van der Waals surface area contributed by atoms with Crippen LogP contribution in [-0.4, -0.2) is 21.4 Å². The normalized spacial score (nSPS) is 10.6. The number of nitrogen functional groups attached to an aromatic ring is 1. The standard InChI is InChI=1S/C14H13FN2O3/c1-7-10(15)3-8(4-11(7)16)13(18)9-5-12(14(19)20)17(2)6-9/h3-6H,16H2,1-2H3,(H,19,20). The first kappa shape index (κ1) is 13.8. The molecular formula is C14H13FN2O3. The Morgan fingerprint density at radius 2 is 1.90 bits per heavy atom. The zero-order valence-corrected chi connectivity index (χ0v) is 11.0. The van der Waals surface area contributed by atoms with Gasteiger partial charge in [0, 0.05) is 35.6 Å². The lowest BCUT2D eigenvalue weighted by molar-refractivity contribution is 0.0686. The van der Waals surface area contributed by atoms with Crippen LogP contribution in [0.4, 0.5) is 10.1 Å². The highest BCUT2D eigenvalue weighted by molar-refractivity contribution is 6.10. The van der Waals surface area contributed by atoms with E-state index in [2.05, 4.69) is 0 Å². The average Bonchev–Trinajstić information content (AvgIpc) is 2.76. The fourth-order valence-electron chi connectivity index (χ4n) is 1.90. The molecule has 20 heavy (non-hydrogen) atoms. The summed E-state index contributed by atoms with van der Waals surface area (Å²) in [5.74, 6) is -2.18. The van der Waals surface area contributed by atoms with Crippen LogP contribution in [0.3, 0.4) is 0 Å². The zero-order chi connectivity index (χ0) is 15.0. The van der Waals surface area contributed by atoms with Crippen LogP contribution < -0.4 is 5.73 Å². The molecule has 0 saturated carbocycles. The van der Waals surface area contributed by atoms with E-state index in [1.165, 1.54) is 36.9 Å². The Morgan fingerprint density at radius 3 is 2.40 bits per heavy atom. The van der Waals surface area contributed by atoms with Gasteiger partial charge in [-0.05, 0) is 25.1 Å². The highest BCUT2D eigenvalue weighted by atomic mass is 19.1. The van der Waals surface area contributed by atoms with Crippen molar-refractivity contribution in [1.29, 1.82) is 0 Å². The van der Waals surface area contributed by atoms with Gasteiger partial charge in [0.25, 0.3) is 0 Å². The Hall–Kier alpha value is -2.63. The molecule has 0 atom stereocenters. The molecule has 0 amide bonds. The SMILES string of the molecule is Cc1c(N)cc(C(=O)c2cc(C(=O)O)n(C)c2)cc1F. The van der Waals surface area contributed by atoms with Gasteiger partial charge < -0.3 is 15.4 Å². The minimum Gasteiger partial charge on any atom is -0.477 e. The van der Waals surface area contributed by atoms with Crippen molar-refractivity contribution in [2.45, 2.75) is 6.92 Å². The molecule has 0 bridgehead atoms. The number of aromatic nitrogens is 1. The fourth-order valence-corrected chi connectivity index (χ4v) is 1.90. The van der Waals surface area contributed by atoms with Crippen LogP contribution in [0.1, 0.15) is 32.0 Å². The van der Waals surface area contributed by atoms with E-state index in [1.807, 2.05) is 0 Å². The molecule has 0 saturated heterocycles. The largest absolute Gasteiger partial charge is 0.477 e. The van der Waals surface area contributed by atoms with Crippen molar-refractivity contribution in [3.63, 3.8) is 0 Å². The van der Waals surface area contributed by atoms with Gasteiger partial charge in [-0.15, -0.1) is 0 Å². The number of carboxylic acids is 1. The lowest BCUT2D eigenvalue weighted by atomic mass is 10.0. The van der Waals surface area contributed by atoms with Crippen molar-refractivity contribution in [2.75, 3.05) is 5.73 Å². The molecule has 2 rings (SSSR count). The molecule has 5 nitrogen and oxygen atoms in total. The summed E-state index contributed by atoms with van der Waals surface area (Å²) in [7, 11) is 1.52. The summed E-state index contributed by atoms with van der Waals surface area (Å²) in [5, 5.41) is 8.94. The molecule has 104 valence electrons. The maximum absolute atomic E-state index is 13.6. The summed E-state index contributed by atoms with van der Waals surface area (Å²) in [6, 6.07) is 3.73. The third-order valence-electron chi connectivity index (χ3n) is 3.13. The number of carbonyl (C=O) groups is 2. The van der Waals surface area contributed by atoms with E-state index in [4.69, 9.17) is 10.8 Å². The summed E-state index contributed by atoms with van der Waals surface area (Å²) in [4.78, 5) is 23.2. The van der Waals surface area contributed by atoms with Gasteiger partial charge in [0.15, 0.2) is 5.78 Å². The number of aryl methyl sites for hydroxylation is 1. The number of benzene rings is 1. The molecule has 0 unspecified atom stereocenters. The van der Waals surface area contributed by atoms with Crippen molar-refractivity contribution >= 4 is 17.4 Å². The van der Waals surface area contributed by atoms with E-state index in [-0.39, 0.29) is 28.1 Å². The monoisotopic (exact) mass is 276 g/mol. The van der Waals surface area contributed by atoms with Crippen molar-refractivity contribution in [3.8, 4) is 0 Å². The molecule has 1 aromatic heterocycles. The van der Waals surface area contributed by atoms with E-state index >= 15 is 0 Å². The molecule has 0 aliphatic carbocycles. The molecular weight excluding hydrogens is 263 g/mol. The first-order valence-corrected chi connectivity index (χ1v) is 5.81. The summed E-state index contributed by atoms with van der Waals surface area (Å²) in [6.07, 6.45) is 1.39. The molecule has 1 heterocycles. The van der Waals surface area contributed by atoms with Gasteiger partial charge in [-0.1, -0.05) is 0 Å². The molecule has 2 aromatic rings. The van der Waals surface area contributed by atoms with Crippen LogP contribution in [0, 0.1) is 12.7 Å². The second-order valence-corrected chi connectivity index (χ2v) is 4.53. The van der Waals surface area contributed by atoms with E-state index in [0.717, 1.165) is 6.07 Å². The number of carbonyl (C=O) groups excluding carboxylic acids is 1. The highest BCUT2D eigenvalue weighted by Gasteiger charge is 2.18. The number of carboxylic acid groups (broad SMARTS) is 1. The van der Waals surface area contributed by atoms with Gasteiger partial charge in [-0.2, -0.15) is 0 Å². The summed E-state index contributed by atoms with van der Waals surface area (Å²) < 4.78 is 14.9. The Kier molecular flexibility index (Phi) is 3.31. The predicted molar refractivity (Wildman–Crippen MR) is 71.4 cm³/mol. The van der Waals surface area contributed by atoms with Gasteiger partial charge in [0.2, 0.25) is 0 Å². The smallest absolute Gasteiger partial charge is 0.352 e. The number of rotatable bonds is 3.